The van der Waals surface area contributed by atoms with Gasteiger partial charge in [0.15, 0.2) is 0 Å². The molecule has 2 rings (SSSR count). The molecular weight excluding hydrogens is 314 g/mol. The van der Waals surface area contributed by atoms with Crippen LogP contribution in [0.5, 0.6) is 5.75 Å². The highest BCUT2D eigenvalue weighted by atomic mass is 35.7. The van der Waals surface area contributed by atoms with E-state index in [9.17, 15) is 13.2 Å². The molecule has 5 nitrogen and oxygen atoms in total. The summed E-state index contributed by atoms with van der Waals surface area (Å²) in [5, 5.41) is 0. The lowest BCUT2D eigenvalue weighted by molar-refractivity contribution is -0.129. The molecule has 0 aromatic heterocycles. The van der Waals surface area contributed by atoms with Crippen molar-refractivity contribution in [2.45, 2.75) is 24.7 Å². The molecule has 1 aliphatic heterocycles. The van der Waals surface area contributed by atoms with Crippen molar-refractivity contribution in [3.05, 3.63) is 23.8 Å². The topological polar surface area (TPSA) is 63.7 Å². The Morgan fingerprint density at radius 3 is 2.71 bits per heavy atom. The van der Waals surface area contributed by atoms with Gasteiger partial charge in [-0.05, 0) is 30.0 Å². The molecule has 7 heteroatoms. The van der Waals surface area contributed by atoms with Gasteiger partial charge < -0.3 is 9.64 Å². The Bertz CT molecular complexity index is 644. The quantitative estimate of drug-likeness (QED) is 0.792. The first-order chi connectivity index (χ1) is 9.81. The van der Waals surface area contributed by atoms with Gasteiger partial charge in [-0.25, -0.2) is 8.42 Å². The molecule has 1 aromatic carbocycles. The maximum atomic E-state index is 12.2. The highest BCUT2D eigenvalue weighted by Crippen LogP contribution is 2.28. The molecule has 1 amide bonds. The average molecular weight is 332 g/mol. The molecule has 21 heavy (non-hydrogen) atoms. The Balaban J connectivity index is 2.19. The molecule has 116 valence electrons. The smallest absolute Gasteiger partial charge is 0.264 e. The second-order valence-corrected chi connectivity index (χ2v) is 7.87. The lowest BCUT2D eigenvalue weighted by Gasteiger charge is -2.16. The lowest BCUT2D eigenvalue weighted by Crippen LogP contribution is -2.29. The van der Waals surface area contributed by atoms with Gasteiger partial charge in [-0.1, -0.05) is 13.0 Å². The van der Waals surface area contributed by atoms with Gasteiger partial charge in [0.1, 0.15) is 10.6 Å². The zero-order valence-corrected chi connectivity index (χ0v) is 13.6. The van der Waals surface area contributed by atoms with Gasteiger partial charge in [0.2, 0.25) is 5.91 Å². The van der Waals surface area contributed by atoms with E-state index in [0.29, 0.717) is 11.5 Å². The van der Waals surface area contributed by atoms with Crippen LogP contribution in [0.1, 0.15) is 18.9 Å². The fraction of sp³-hybridized carbons (Fsp3) is 0.500. The van der Waals surface area contributed by atoms with Crippen LogP contribution in [0, 0.1) is 5.92 Å². The van der Waals surface area contributed by atoms with Crippen LogP contribution in [0.2, 0.25) is 0 Å². The Hall–Kier alpha value is -1.27. The lowest BCUT2D eigenvalue weighted by atomic mass is 10.1. The number of nitrogens with zero attached hydrogens (tertiary/aromatic N) is 1. The van der Waals surface area contributed by atoms with Crippen molar-refractivity contribution < 1.29 is 17.9 Å². The Morgan fingerprint density at radius 2 is 2.19 bits per heavy atom. The van der Waals surface area contributed by atoms with E-state index in [1.807, 2.05) is 4.90 Å². The number of methoxy groups -OCH3 is 1. The van der Waals surface area contributed by atoms with Gasteiger partial charge in [0.25, 0.3) is 9.05 Å². The molecule has 0 aliphatic carbocycles. The molecule has 1 saturated heterocycles. The van der Waals surface area contributed by atoms with Gasteiger partial charge in [0, 0.05) is 23.8 Å². The third-order valence-corrected chi connectivity index (χ3v) is 4.97. The second kappa shape index (κ2) is 6.23. The van der Waals surface area contributed by atoms with Crippen LogP contribution >= 0.6 is 10.7 Å². The van der Waals surface area contributed by atoms with E-state index in [1.54, 1.807) is 6.07 Å². The molecule has 0 saturated carbocycles. The Labute approximate surface area is 129 Å². The van der Waals surface area contributed by atoms with Gasteiger partial charge in [0.05, 0.1) is 13.5 Å². The maximum absolute atomic E-state index is 12.2. The maximum Gasteiger partial charge on any atom is 0.264 e. The second-order valence-electron chi connectivity index (χ2n) is 5.33. The van der Waals surface area contributed by atoms with Crippen molar-refractivity contribution in [2.24, 2.45) is 5.92 Å². The van der Waals surface area contributed by atoms with Crippen molar-refractivity contribution >= 4 is 25.6 Å². The summed E-state index contributed by atoms with van der Waals surface area (Å²) in [7, 11) is 2.86. The minimum atomic E-state index is -3.91. The number of carbonyl (C=O) groups is 1. The number of ether oxygens (including phenoxy) is 1. The number of benzene rings is 1. The number of hydrogen-bond acceptors (Lipinski definition) is 4. The van der Waals surface area contributed by atoms with Crippen molar-refractivity contribution in [3.8, 4) is 5.75 Å². The number of rotatable bonds is 4. The normalized spacial score (nSPS) is 18.8. The first kappa shape index (κ1) is 16.1. The molecule has 1 heterocycles. The molecule has 0 radical (unpaired) electrons. The molecule has 1 unspecified atom stereocenters. The molecule has 0 N–H and O–H groups in total. The predicted octanol–water partition coefficient (Wildman–Crippen LogP) is 2.03. The SMILES string of the molecule is COc1ccc(CC(=O)N2CCC(C)C2)cc1S(=O)(=O)Cl. The number of amides is 1. The van der Waals surface area contributed by atoms with Crippen LogP contribution in [0.4, 0.5) is 0 Å². The summed E-state index contributed by atoms with van der Waals surface area (Å²) in [6.45, 7) is 3.63. The largest absolute Gasteiger partial charge is 0.495 e. The highest BCUT2D eigenvalue weighted by molar-refractivity contribution is 8.13. The monoisotopic (exact) mass is 331 g/mol. The van der Waals surface area contributed by atoms with E-state index in [-0.39, 0.29) is 23.0 Å². The van der Waals surface area contributed by atoms with Crippen molar-refractivity contribution in [2.75, 3.05) is 20.2 Å². The fourth-order valence-corrected chi connectivity index (χ4v) is 3.52. The van der Waals surface area contributed by atoms with Crippen LogP contribution in [-0.2, 0) is 20.3 Å². The third kappa shape index (κ3) is 3.89. The summed E-state index contributed by atoms with van der Waals surface area (Å²) in [4.78, 5) is 13.9. The molecular formula is C14H18ClNO4S. The molecule has 1 fully saturated rings. The minimum absolute atomic E-state index is 0.00226. The molecule has 0 bridgehead atoms. The average Bonchev–Trinajstić information content (AvgIpc) is 2.84. The fourth-order valence-electron chi connectivity index (χ4n) is 2.47. The molecule has 0 spiro atoms. The summed E-state index contributed by atoms with van der Waals surface area (Å²) in [6.07, 6.45) is 1.17. The number of hydrogen-bond donors (Lipinski definition) is 0. The number of likely N-dealkylation sites (tertiary alicyclic amines) is 1. The third-order valence-electron chi connectivity index (χ3n) is 3.62. The number of halogens is 1. The van der Waals surface area contributed by atoms with E-state index in [2.05, 4.69) is 6.92 Å². The summed E-state index contributed by atoms with van der Waals surface area (Å²) in [6, 6.07) is 4.60. The van der Waals surface area contributed by atoms with Crippen molar-refractivity contribution in [1.29, 1.82) is 0 Å². The van der Waals surface area contributed by atoms with Gasteiger partial charge in [-0.3, -0.25) is 4.79 Å². The van der Waals surface area contributed by atoms with Crippen LogP contribution in [-0.4, -0.2) is 39.4 Å². The van der Waals surface area contributed by atoms with Gasteiger partial charge in [-0.15, -0.1) is 0 Å². The molecule has 1 aromatic rings. The van der Waals surface area contributed by atoms with E-state index >= 15 is 0 Å². The van der Waals surface area contributed by atoms with Gasteiger partial charge >= 0.3 is 0 Å². The summed E-state index contributed by atoms with van der Waals surface area (Å²) < 4.78 is 28.1. The summed E-state index contributed by atoms with van der Waals surface area (Å²) in [5.74, 6) is 0.696. The van der Waals surface area contributed by atoms with Gasteiger partial charge in [-0.2, -0.15) is 0 Å². The van der Waals surface area contributed by atoms with Crippen molar-refractivity contribution in [3.63, 3.8) is 0 Å². The van der Waals surface area contributed by atoms with E-state index < -0.39 is 9.05 Å². The summed E-state index contributed by atoms with van der Waals surface area (Å²) >= 11 is 0. The van der Waals surface area contributed by atoms with Crippen LogP contribution in [0.3, 0.4) is 0 Å². The van der Waals surface area contributed by atoms with Crippen molar-refractivity contribution in [1.82, 2.24) is 4.90 Å². The standard InChI is InChI=1S/C14H18ClNO4S/c1-10-5-6-16(9-10)14(17)8-11-3-4-12(20-2)13(7-11)21(15,18)19/h3-4,7,10H,5-6,8-9H2,1-2H3. The molecule has 1 atom stereocenters. The minimum Gasteiger partial charge on any atom is -0.495 e. The van der Waals surface area contributed by atoms with Crippen LogP contribution < -0.4 is 4.74 Å². The Morgan fingerprint density at radius 1 is 1.48 bits per heavy atom. The van der Waals surface area contributed by atoms with Crippen LogP contribution in [0.15, 0.2) is 23.1 Å². The highest BCUT2D eigenvalue weighted by Gasteiger charge is 2.24. The predicted molar refractivity (Wildman–Crippen MR) is 80.1 cm³/mol. The first-order valence-electron chi connectivity index (χ1n) is 6.70. The zero-order valence-electron chi connectivity index (χ0n) is 12.0. The van der Waals surface area contributed by atoms with Crippen LogP contribution in [0.25, 0.3) is 0 Å². The zero-order chi connectivity index (χ0) is 15.6. The number of carbonyl (C=O) groups excluding carboxylic acids is 1. The first-order valence-corrected chi connectivity index (χ1v) is 9.01. The summed E-state index contributed by atoms with van der Waals surface area (Å²) in [5.41, 5.74) is 0.611. The van der Waals surface area contributed by atoms with E-state index in [1.165, 1.54) is 19.2 Å². The van der Waals surface area contributed by atoms with E-state index in [0.717, 1.165) is 19.5 Å². The van der Waals surface area contributed by atoms with E-state index in [4.69, 9.17) is 15.4 Å². The molecule has 1 aliphatic rings. The Kier molecular flexibility index (Phi) is 4.78.